The maximum Gasteiger partial charge on any atom is 0.341 e. The van der Waals surface area contributed by atoms with Gasteiger partial charge in [-0.25, -0.2) is 9.59 Å². The summed E-state index contributed by atoms with van der Waals surface area (Å²) < 4.78 is 4.99. The molecule has 0 amide bonds. The fourth-order valence-corrected chi connectivity index (χ4v) is 2.09. The number of carboxylic acids is 1. The molecule has 1 aromatic carbocycles. The predicted octanol–water partition coefficient (Wildman–Crippen LogP) is 1.26. The Balaban J connectivity index is 2.83. The van der Waals surface area contributed by atoms with Gasteiger partial charge in [0.2, 0.25) is 0 Å². The zero-order valence-corrected chi connectivity index (χ0v) is 12.9. The van der Waals surface area contributed by atoms with Crippen LogP contribution in [0.15, 0.2) is 24.3 Å². The predicted molar refractivity (Wildman–Crippen MR) is 79.0 cm³/mol. The lowest BCUT2D eigenvalue weighted by Gasteiger charge is -2.29. The first-order valence-corrected chi connectivity index (χ1v) is 7.03. The van der Waals surface area contributed by atoms with Crippen LogP contribution in [0.1, 0.15) is 31.4 Å². The van der Waals surface area contributed by atoms with Gasteiger partial charge in [-0.1, -0.05) is 43.7 Å². The van der Waals surface area contributed by atoms with E-state index in [1.807, 2.05) is 19.1 Å². The molecule has 2 atom stereocenters. The molecule has 1 rings (SSSR count). The first kappa shape index (κ1) is 18.1. The maximum absolute atomic E-state index is 12.1. The van der Waals surface area contributed by atoms with Gasteiger partial charge in [0.25, 0.3) is 0 Å². The van der Waals surface area contributed by atoms with E-state index in [4.69, 9.17) is 9.84 Å². The molecule has 6 nitrogen and oxygen atoms in total. The molecule has 122 valence electrons. The van der Waals surface area contributed by atoms with Gasteiger partial charge in [0.15, 0.2) is 11.7 Å². The highest BCUT2D eigenvalue weighted by Gasteiger charge is 2.49. The van der Waals surface area contributed by atoms with Crippen molar-refractivity contribution in [1.82, 2.24) is 0 Å². The number of carboxylic acid groups (broad SMARTS) is 1. The normalized spacial score (nSPS) is 15.2. The molecule has 0 aliphatic rings. The van der Waals surface area contributed by atoms with Crippen molar-refractivity contribution in [2.75, 3.05) is 0 Å². The summed E-state index contributed by atoms with van der Waals surface area (Å²) in [5.41, 5.74) is -0.714. The summed E-state index contributed by atoms with van der Waals surface area (Å²) in [4.78, 5) is 23.0. The molecular weight excluding hydrogens is 288 g/mol. The number of ether oxygens (including phenoxy) is 1. The lowest BCUT2D eigenvalue weighted by Crippen LogP contribution is -2.54. The van der Waals surface area contributed by atoms with Crippen molar-refractivity contribution in [1.29, 1.82) is 0 Å². The van der Waals surface area contributed by atoms with Gasteiger partial charge in [-0.3, -0.25) is 0 Å². The SMILES string of the molecule is Cc1ccc(COC(=O)C(O)(CC(C)C)C(O)C(=O)O)cc1. The Bertz CT molecular complexity index is 522. The highest BCUT2D eigenvalue weighted by Crippen LogP contribution is 2.24. The number of hydrogen-bond donors (Lipinski definition) is 3. The van der Waals surface area contributed by atoms with Crippen LogP contribution in [-0.2, 0) is 20.9 Å². The van der Waals surface area contributed by atoms with E-state index >= 15 is 0 Å². The first-order valence-electron chi connectivity index (χ1n) is 7.03. The standard InChI is InChI=1S/C16H22O6/c1-10(2)8-16(21,13(17)14(18)19)15(20)22-9-12-6-4-11(3)5-7-12/h4-7,10,13,17,21H,8-9H2,1-3H3,(H,18,19). The van der Waals surface area contributed by atoms with Crippen LogP contribution in [0.3, 0.4) is 0 Å². The van der Waals surface area contributed by atoms with E-state index in [1.54, 1.807) is 26.0 Å². The number of hydrogen-bond acceptors (Lipinski definition) is 5. The highest BCUT2D eigenvalue weighted by atomic mass is 16.6. The number of aliphatic hydroxyl groups excluding tert-OH is 1. The van der Waals surface area contributed by atoms with Gasteiger partial charge < -0.3 is 20.1 Å². The third-order valence-electron chi connectivity index (χ3n) is 3.25. The topological polar surface area (TPSA) is 104 Å². The second kappa shape index (κ2) is 7.38. The van der Waals surface area contributed by atoms with Crippen molar-refractivity contribution in [3.63, 3.8) is 0 Å². The Hall–Kier alpha value is -1.92. The number of rotatable bonds is 7. The van der Waals surface area contributed by atoms with E-state index in [2.05, 4.69) is 0 Å². The van der Waals surface area contributed by atoms with Gasteiger partial charge in [0.05, 0.1) is 0 Å². The Morgan fingerprint density at radius 2 is 1.77 bits per heavy atom. The second-order valence-electron chi connectivity index (χ2n) is 5.82. The Labute approximate surface area is 129 Å². The van der Waals surface area contributed by atoms with Crippen LogP contribution >= 0.6 is 0 Å². The molecule has 0 heterocycles. The van der Waals surface area contributed by atoms with Crippen molar-refractivity contribution >= 4 is 11.9 Å². The van der Waals surface area contributed by atoms with Gasteiger partial charge in [-0.2, -0.15) is 0 Å². The van der Waals surface area contributed by atoms with E-state index in [0.717, 1.165) is 5.56 Å². The fraction of sp³-hybridized carbons (Fsp3) is 0.500. The van der Waals surface area contributed by atoms with E-state index in [1.165, 1.54) is 0 Å². The number of carbonyl (C=O) groups excluding carboxylic acids is 1. The van der Waals surface area contributed by atoms with Gasteiger partial charge in [0.1, 0.15) is 6.61 Å². The van der Waals surface area contributed by atoms with Crippen LogP contribution in [0, 0.1) is 12.8 Å². The average Bonchev–Trinajstić information content (AvgIpc) is 2.44. The van der Waals surface area contributed by atoms with Gasteiger partial charge in [-0.15, -0.1) is 0 Å². The molecule has 0 saturated carbocycles. The molecule has 0 fully saturated rings. The third kappa shape index (κ3) is 4.54. The van der Waals surface area contributed by atoms with Gasteiger partial charge in [0, 0.05) is 0 Å². The van der Waals surface area contributed by atoms with Crippen molar-refractivity contribution in [2.45, 2.75) is 45.5 Å². The molecule has 3 N–H and O–H groups in total. The number of benzene rings is 1. The summed E-state index contributed by atoms with van der Waals surface area (Å²) in [5, 5.41) is 28.8. The number of esters is 1. The molecule has 0 aliphatic carbocycles. The molecule has 0 bridgehead atoms. The summed E-state index contributed by atoms with van der Waals surface area (Å²) in [5.74, 6) is -3.02. The van der Waals surface area contributed by atoms with Crippen molar-refractivity contribution in [2.24, 2.45) is 5.92 Å². The minimum Gasteiger partial charge on any atom is -0.479 e. The van der Waals surface area contributed by atoms with Crippen LogP contribution in [0.2, 0.25) is 0 Å². The second-order valence-corrected chi connectivity index (χ2v) is 5.82. The smallest absolute Gasteiger partial charge is 0.341 e. The first-order chi connectivity index (χ1) is 10.2. The maximum atomic E-state index is 12.1. The number of aliphatic hydroxyl groups is 2. The van der Waals surface area contributed by atoms with Crippen LogP contribution in [0.25, 0.3) is 0 Å². The van der Waals surface area contributed by atoms with Gasteiger partial charge >= 0.3 is 11.9 Å². The van der Waals surface area contributed by atoms with E-state index in [-0.39, 0.29) is 18.9 Å². The minimum absolute atomic E-state index is 0.105. The Kier molecular flexibility index (Phi) is 6.08. The minimum atomic E-state index is -2.47. The zero-order chi connectivity index (χ0) is 16.9. The van der Waals surface area contributed by atoms with Crippen LogP contribution in [0.5, 0.6) is 0 Å². The van der Waals surface area contributed by atoms with E-state index in [9.17, 15) is 19.8 Å². The Morgan fingerprint density at radius 3 is 2.23 bits per heavy atom. The monoisotopic (exact) mass is 310 g/mol. The Morgan fingerprint density at radius 1 is 1.23 bits per heavy atom. The lowest BCUT2D eigenvalue weighted by atomic mass is 9.87. The molecule has 0 radical (unpaired) electrons. The number of aryl methyl sites for hydroxylation is 1. The molecule has 0 spiro atoms. The number of aliphatic carboxylic acids is 1. The third-order valence-corrected chi connectivity index (χ3v) is 3.25. The van der Waals surface area contributed by atoms with E-state index < -0.39 is 23.6 Å². The van der Waals surface area contributed by atoms with Crippen LogP contribution in [-0.4, -0.2) is 39.0 Å². The summed E-state index contributed by atoms with van der Waals surface area (Å²) in [6.07, 6.45) is -2.45. The largest absolute Gasteiger partial charge is 0.479 e. The molecular formula is C16H22O6. The van der Waals surface area contributed by atoms with Crippen LogP contribution < -0.4 is 0 Å². The van der Waals surface area contributed by atoms with Crippen molar-refractivity contribution in [3.05, 3.63) is 35.4 Å². The summed E-state index contributed by atoms with van der Waals surface area (Å²) in [6, 6.07) is 7.21. The summed E-state index contributed by atoms with van der Waals surface area (Å²) >= 11 is 0. The molecule has 1 aromatic rings. The average molecular weight is 310 g/mol. The van der Waals surface area contributed by atoms with Crippen molar-refractivity contribution < 1.29 is 29.6 Å². The zero-order valence-electron chi connectivity index (χ0n) is 12.9. The lowest BCUT2D eigenvalue weighted by molar-refractivity contribution is -0.191. The molecule has 2 unspecified atom stereocenters. The summed E-state index contributed by atoms with van der Waals surface area (Å²) in [7, 11) is 0. The molecule has 0 aromatic heterocycles. The van der Waals surface area contributed by atoms with Crippen LogP contribution in [0.4, 0.5) is 0 Å². The molecule has 0 aliphatic heterocycles. The van der Waals surface area contributed by atoms with Gasteiger partial charge in [-0.05, 0) is 24.8 Å². The fourth-order valence-electron chi connectivity index (χ4n) is 2.09. The highest BCUT2D eigenvalue weighted by molar-refractivity contribution is 5.88. The molecule has 22 heavy (non-hydrogen) atoms. The van der Waals surface area contributed by atoms with E-state index in [0.29, 0.717) is 5.56 Å². The molecule has 6 heteroatoms. The molecule has 0 saturated heterocycles. The quantitative estimate of drug-likeness (QED) is 0.655. The number of carbonyl (C=O) groups is 2. The summed E-state index contributed by atoms with van der Waals surface area (Å²) in [6.45, 7) is 5.21. The van der Waals surface area contributed by atoms with Crippen molar-refractivity contribution in [3.8, 4) is 0 Å².